The van der Waals surface area contributed by atoms with Gasteiger partial charge in [0.15, 0.2) is 0 Å². The van der Waals surface area contributed by atoms with Crippen LogP contribution in [-0.2, 0) is 0 Å². The van der Waals surface area contributed by atoms with Crippen molar-refractivity contribution in [1.29, 1.82) is 0 Å². The molecule has 1 saturated heterocycles. The maximum Gasteiger partial charge on any atom is 0.270 e. The summed E-state index contributed by atoms with van der Waals surface area (Å²) in [5, 5.41) is 4.81. The van der Waals surface area contributed by atoms with E-state index in [9.17, 15) is 4.79 Å². The van der Waals surface area contributed by atoms with Crippen molar-refractivity contribution in [2.24, 2.45) is 5.92 Å². The number of nitrogens with one attached hydrogen (secondary N) is 1. The molecule has 0 aliphatic carbocycles. The fourth-order valence-electron chi connectivity index (χ4n) is 2.61. The molecule has 0 aromatic carbocycles. The number of aromatic nitrogens is 2. The van der Waals surface area contributed by atoms with E-state index >= 15 is 0 Å². The van der Waals surface area contributed by atoms with E-state index in [0.717, 1.165) is 32.5 Å². The van der Waals surface area contributed by atoms with Gasteiger partial charge in [0, 0.05) is 43.1 Å². The number of carbonyl (C=O) groups is 1. The van der Waals surface area contributed by atoms with Crippen LogP contribution in [0.1, 0.15) is 23.3 Å². The van der Waals surface area contributed by atoms with Crippen LogP contribution in [0.5, 0.6) is 0 Å². The van der Waals surface area contributed by atoms with E-state index in [4.69, 9.17) is 0 Å². The SMILES string of the molecule is O=C(NCC1CCN(c2ccncc2)CC1)c1ccsn1. The van der Waals surface area contributed by atoms with Gasteiger partial charge in [0.2, 0.25) is 0 Å². The van der Waals surface area contributed by atoms with Crippen LogP contribution in [0, 0.1) is 5.92 Å². The highest BCUT2D eigenvalue weighted by Gasteiger charge is 2.20. The van der Waals surface area contributed by atoms with E-state index < -0.39 is 0 Å². The molecule has 6 heteroatoms. The van der Waals surface area contributed by atoms with Crippen molar-refractivity contribution in [2.45, 2.75) is 12.8 Å². The minimum absolute atomic E-state index is 0.0622. The Kier molecular flexibility index (Phi) is 4.45. The van der Waals surface area contributed by atoms with Gasteiger partial charge in [-0.1, -0.05) is 0 Å². The van der Waals surface area contributed by atoms with Crippen molar-refractivity contribution >= 4 is 23.1 Å². The summed E-state index contributed by atoms with van der Waals surface area (Å²) < 4.78 is 4.05. The minimum atomic E-state index is -0.0622. The zero-order valence-corrected chi connectivity index (χ0v) is 12.6. The van der Waals surface area contributed by atoms with Gasteiger partial charge in [-0.2, -0.15) is 4.37 Å². The van der Waals surface area contributed by atoms with Crippen molar-refractivity contribution in [2.75, 3.05) is 24.5 Å². The highest BCUT2D eigenvalue weighted by atomic mass is 32.1. The molecule has 3 heterocycles. The Labute approximate surface area is 128 Å². The normalized spacial score (nSPS) is 15.9. The molecular weight excluding hydrogens is 284 g/mol. The molecule has 0 saturated carbocycles. The van der Waals surface area contributed by atoms with Crippen LogP contribution in [0.4, 0.5) is 5.69 Å². The summed E-state index contributed by atoms with van der Waals surface area (Å²) in [6, 6.07) is 5.85. The zero-order chi connectivity index (χ0) is 14.5. The Hall–Kier alpha value is -1.95. The van der Waals surface area contributed by atoms with Crippen LogP contribution in [0.2, 0.25) is 0 Å². The lowest BCUT2D eigenvalue weighted by molar-refractivity contribution is 0.0941. The van der Waals surface area contributed by atoms with Crippen LogP contribution in [-0.4, -0.2) is 34.9 Å². The molecule has 1 aliphatic rings. The lowest BCUT2D eigenvalue weighted by atomic mass is 9.96. The third kappa shape index (κ3) is 3.58. The Morgan fingerprint density at radius 2 is 2.05 bits per heavy atom. The van der Waals surface area contributed by atoms with Crippen LogP contribution in [0.25, 0.3) is 0 Å². The molecule has 21 heavy (non-hydrogen) atoms. The molecule has 0 spiro atoms. The van der Waals surface area contributed by atoms with Crippen molar-refractivity contribution in [3.05, 3.63) is 41.7 Å². The Morgan fingerprint density at radius 1 is 1.29 bits per heavy atom. The molecule has 3 rings (SSSR count). The van der Waals surface area contributed by atoms with E-state index in [1.54, 1.807) is 6.07 Å². The monoisotopic (exact) mass is 302 g/mol. The van der Waals surface area contributed by atoms with Gasteiger partial charge in [0.05, 0.1) is 0 Å². The molecule has 1 aliphatic heterocycles. The Morgan fingerprint density at radius 3 is 2.71 bits per heavy atom. The second-order valence-electron chi connectivity index (χ2n) is 5.23. The van der Waals surface area contributed by atoms with Crippen molar-refractivity contribution in [3.63, 3.8) is 0 Å². The highest BCUT2D eigenvalue weighted by molar-refractivity contribution is 7.03. The molecule has 0 unspecified atom stereocenters. The molecule has 2 aromatic heterocycles. The average molecular weight is 302 g/mol. The van der Waals surface area contributed by atoms with E-state index in [1.807, 2.05) is 29.9 Å². The summed E-state index contributed by atoms with van der Waals surface area (Å²) in [6.45, 7) is 2.79. The van der Waals surface area contributed by atoms with Crippen molar-refractivity contribution < 1.29 is 4.79 Å². The molecule has 0 atom stereocenters. The topological polar surface area (TPSA) is 58.1 Å². The van der Waals surface area contributed by atoms with Gasteiger partial charge in [-0.3, -0.25) is 9.78 Å². The number of pyridine rings is 1. The molecule has 5 nitrogen and oxygen atoms in total. The number of carbonyl (C=O) groups excluding carboxylic acids is 1. The first-order chi connectivity index (χ1) is 10.3. The lowest BCUT2D eigenvalue weighted by Gasteiger charge is -2.33. The maximum atomic E-state index is 11.8. The highest BCUT2D eigenvalue weighted by Crippen LogP contribution is 2.22. The predicted octanol–water partition coefficient (Wildman–Crippen LogP) is 2.18. The van der Waals surface area contributed by atoms with Crippen molar-refractivity contribution in [3.8, 4) is 0 Å². The van der Waals surface area contributed by atoms with Crippen LogP contribution in [0.15, 0.2) is 36.0 Å². The number of anilines is 1. The van der Waals surface area contributed by atoms with Crippen molar-refractivity contribution in [1.82, 2.24) is 14.7 Å². The summed E-state index contributed by atoms with van der Waals surface area (Å²) in [5.74, 6) is 0.485. The molecule has 0 bridgehead atoms. The van der Waals surface area contributed by atoms with E-state index in [1.165, 1.54) is 17.2 Å². The van der Waals surface area contributed by atoms with Gasteiger partial charge in [0.1, 0.15) is 5.69 Å². The summed E-state index contributed by atoms with van der Waals surface area (Å²) in [4.78, 5) is 18.3. The number of piperidine rings is 1. The van der Waals surface area contributed by atoms with Gasteiger partial charge < -0.3 is 10.2 Å². The van der Waals surface area contributed by atoms with E-state index in [2.05, 4.69) is 19.6 Å². The summed E-state index contributed by atoms with van der Waals surface area (Å²) in [6.07, 6.45) is 5.85. The quantitative estimate of drug-likeness (QED) is 0.940. The second kappa shape index (κ2) is 6.67. The molecule has 1 fully saturated rings. The third-order valence-electron chi connectivity index (χ3n) is 3.86. The number of hydrogen-bond acceptors (Lipinski definition) is 5. The van der Waals surface area contributed by atoms with Gasteiger partial charge in [0.25, 0.3) is 5.91 Å². The Bertz CT molecular complexity index is 565. The van der Waals surface area contributed by atoms with Crippen LogP contribution >= 0.6 is 11.5 Å². The molecule has 1 amide bonds. The average Bonchev–Trinajstić information content (AvgIpc) is 3.08. The number of hydrogen-bond donors (Lipinski definition) is 1. The largest absolute Gasteiger partial charge is 0.371 e. The summed E-state index contributed by atoms with van der Waals surface area (Å²) in [5.41, 5.74) is 1.75. The lowest BCUT2D eigenvalue weighted by Crippen LogP contribution is -2.38. The molecular formula is C15H18N4OS. The van der Waals surface area contributed by atoms with E-state index in [-0.39, 0.29) is 5.91 Å². The third-order valence-corrected chi connectivity index (χ3v) is 4.42. The molecule has 0 radical (unpaired) electrons. The van der Waals surface area contributed by atoms with Crippen LogP contribution in [0.3, 0.4) is 0 Å². The summed E-state index contributed by atoms with van der Waals surface area (Å²) >= 11 is 1.30. The fraction of sp³-hybridized carbons (Fsp3) is 0.400. The van der Waals surface area contributed by atoms with Crippen LogP contribution < -0.4 is 10.2 Å². The minimum Gasteiger partial charge on any atom is -0.371 e. The number of amides is 1. The Balaban J connectivity index is 1.45. The van der Waals surface area contributed by atoms with Gasteiger partial charge in [-0.25, -0.2) is 0 Å². The molecule has 1 N–H and O–H groups in total. The van der Waals surface area contributed by atoms with Gasteiger partial charge >= 0.3 is 0 Å². The summed E-state index contributed by atoms with van der Waals surface area (Å²) in [7, 11) is 0. The zero-order valence-electron chi connectivity index (χ0n) is 11.7. The first-order valence-electron chi connectivity index (χ1n) is 7.16. The molecule has 2 aromatic rings. The second-order valence-corrected chi connectivity index (χ2v) is 5.90. The molecule has 110 valence electrons. The smallest absolute Gasteiger partial charge is 0.270 e. The standard InChI is InChI=1S/C15H18N4OS/c20-15(14-5-10-21-18-14)17-11-12-3-8-19(9-4-12)13-1-6-16-7-2-13/h1-2,5-7,10,12H,3-4,8-9,11H2,(H,17,20). The first kappa shape index (κ1) is 14.0. The predicted molar refractivity (Wildman–Crippen MR) is 83.6 cm³/mol. The first-order valence-corrected chi connectivity index (χ1v) is 8.00. The number of rotatable bonds is 4. The van der Waals surface area contributed by atoms with Gasteiger partial charge in [-0.05, 0) is 48.5 Å². The number of nitrogens with zero attached hydrogens (tertiary/aromatic N) is 3. The van der Waals surface area contributed by atoms with Gasteiger partial charge in [-0.15, -0.1) is 0 Å². The fourth-order valence-corrected chi connectivity index (χ4v) is 3.12. The maximum absolute atomic E-state index is 11.8. The van der Waals surface area contributed by atoms with E-state index in [0.29, 0.717) is 11.6 Å².